The number of unbranched alkanes of at least 4 members (excludes halogenated alkanes) is 1. The van der Waals surface area contributed by atoms with Gasteiger partial charge in [0, 0.05) is 12.2 Å². The molecule has 0 amide bonds. The lowest BCUT2D eigenvalue weighted by Gasteiger charge is -2.19. The zero-order chi connectivity index (χ0) is 11.8. The number of nitrogens with one attached hydrogen (secondary N) is 1. The second-order valence-corrected chi connectivity index (χ2v) is 4.96. The molecule has 1 heterocycles. The van der Waals surface area contributed by atoms with Gasteiger partial charge in [-0.15, -0.1) is 0 Å². The average molecular weight is 285 g/mol. The zero-order valence-electron chi connectivity index (χ0n) is 10.2. The van der Waals surface area contributed by atoms with Gasteiger partial charge in [0.1, 0.15) is 5.82 Å². The Bertz CT molecular complexity index is 302. The van der Waals surface area contributed by atoms with Crippen LogP contribution in [0.25, 0.3) is 0 Å². The molecule has 0 aromatic carbocycles. The quantitative estimate of drug-likeness (QED) is 0.791. The van der Waals surface area contributed by atoms with Gasteiger partial charge in [-0.2, -0.15) is 0 Å². The van der Waals surface area contributed by atoms with E-state index in [1.165, 1.54) is 32.1 Å². The number of hydrogen-bond acceptors (Lipinski definition) is 2. The van der Waals surface area contributed by atoms with E-state index in [2.05, 4.69) is 40.1 Å². The molecule has 16 heavy (non-hydrogen) atoms. The van der Waals surface area contributed by atoms with Crippen LogP contribution < -0.4 is 5.32 Å². The molecule has 1 rings (SSSR count). The van der Waals surface area contributed by atoms with Gasteiger partial charge >= 0.3 is 0 Å². The fourth-order valence-corrected chi connectivity index (χ4v) is 2.14. The number of halogens is 1. The summed E-state index contributed by atoms with van der Waals surface area (Å²) in [6.45, 7) is 4.47. The SMILES string of the molecule is CCCCC(CCC)Nc1ncccc1Br. The number of anilines is 1. The third-order valence-corrected chi connectivity index (χ3v) is 3.28. The molecule has 0 saturated heterocycles. The molecule has 0 aliphatic heterocycles. The molecule has 90 valence electrons. The molecular weight excluding hydrogens is 264 g/mol. The summed E-state index contributed by atoms with van der Waals surface area (Å²) in [5.74, 6) is 0.969. The molecular formula is C13H21BrN2. The van der Waals surface area contributed by atoms with Gasteiger partial charge in [-0.1, -0.05) is 33.1 Å². The molecule has 0 fully saturated rings. The van der Waals surface area contributed by atoms with Crippen molar-refractivity contribution in [1.82, 2.24) is 4.98 Å². The molecule has 0 saturated carbocycles. The van der Waals surface area contributed by atoms with Gasteiger partial charge in [-0.3, -0.25) is 0 Å². The summed E-state index contributed by atoms with van der Waals surface area (Å²) in [4.78, 5) is 4.35. The molecule has 0 bridgehead atoms. The van der Waals surface area contributed by atoms with Crippen LogP contribution in [-0.4, -0.2) is 11.0 Å². The molecule has 0 aliphatic carbocycles. The summed E-state index contributed by atoms with van der Waals surface area (Å²) in [7, 11) is 0. The van der Waals surface area contributed by atoms with Crippen molar-refractivity contribution in [2.75, 3.05) is 5.32 Å². The first-order valence-corrected chi connectivity index (χ1v) is 6.94. The lowest BCUT2D eigenvalue weighted by atomic mass is 10.1. The van der Waals surface area contributed by atoms with Crippen molar-refractivity contribution in [3.05, 3.63) is 22.8 Å². The van der Waals surface area contributed by atoms with E-state index < -0.39 is 0 Å². The van der Waals surface area contributed by atoms with Crippen LogP contribution in [0.1, 0.15) is 46.0 Å². The summed E-state index contributed by atoms with van der Waals surface area (Å²) in [6.07, 6.45) is 8.02. The van der Waals surface area contributed by atoms with E-state index in [1.54, 1.807) is 0 Å². The average Bonchev–Trinajstić information content (AvgIpc) is 2.29. The standard InChI is InChI=1S/C13H21BrN2/c1-3-5-8-11(7-4-2)16-13-12(14)9-6-10-15-13/h6,9-11H,3-5,7-8H2,1-2H3,(H,15,16). The van der Waals surface area contributed by atoms with Crippen molar-refractivity contribution in [3.63, 3.8) is 0 Å². The lowest BCUT2D eigenvalue weighted by Crippen LogP contribution is -2.20. The van der Waals surface area contributed by atoms with E-state index in [1.807, 2.05) is 18.3 Å². The van der Waals surface area contributed by atoms with Crippen LogP contribution in [0, 0.1) is 0 Å². The fraction of sp³-hybridized carbons (Fsp3) is 0.615. The number of hydrogen-bond donors (Lipinski definition) is 1. The number of rotatable bonds is 7. The molecule has 2 nitrogen and oxygen atoms in total. The minimum absolute atomic E-state index is 0.552. The Morgan fingerprint density at radius 3 is 2.75 bits per heavy atom. The van der Waals surface area contributed by atoms with Crippen LogP contribution in [0.15, 0.2) is 22.8 Å². The van der Waals surface area contributed by atoms with Crippen molar-refractivity contribution >= 4 is 21.7 Å². The van der Waals surface area contributed by atoms with E-state index in [-0.39, 0.29) is 0 Å². The number of pyridine rings is 1. The van der Waals surface area contributed by atoms with Gasteiger partial charge < -0.3 is 5.32 Å². The highest BCUT2D eigenvalue weighted by Gasteiger charge is 2.09. The predicted octanol–water partition coefficient (Wildman–Crippen LogP) is 4.61. The third-order valence-electron chi connectivity index (χ3n) is 2.64. The maximum atomic E-state index is 4.35. The second-order valence-electron chi connectivity index (χ2n) is 4.11. The van der Waals surface area contributed by atoms with Crippen LogP contribution in [0.5, 0.6) is 0 Å². The van der Waals surface area contributed by atoms with E-state index in [0.29, 0.717) is 6.04 Å². The summed E-state index contributed by atoms with van der Waals surface area (Å²) < 4.78 is 1.05. The first-order chi connectivity index (χ1) is 7.77. The number of nitrogens with zero attached hydrogens (tertiary/aromatic N) is 1. The van der Waals surface area contributed by atoms with Crippen LogP contribution in [-0.2, 0) is 0 Å². The Kier molecular flexibility index (Phi) is 6.46. The van der Waals surface area contributed by atoms with Crippen LogP contribution in [0.4, 0.5) is 5.82 Å². The molecule has 0 aliphatic rings. The molecule has 1 atom stereocenters. The fourth-order valence-electron chi connectivity index (χ4n) is 1.77. The maximum Gasteiger partial charge on any atom is 0.140 e. The number of aromatic nitrogens is 1. The lowest BCUT2D eigenvalue weighted by molar-refractivity contribution is 0.562. The third kappa shape index (κ3) is 4.52. The summed E-state index contributed by atoms with van der Waals surface area (Å²) in [5, 5.41) is 3.53. The Hall–Kier alpha value is -0.570. The molecule has 0 radical (unpaired) electrons. The summed E-state index contributed by atoms with van der Waals surface area (Å²) in [6, 6.07) is 4.52. The Labute approximate surface area is 107 Å². The van der Waals surface area contributed by atoms with E-state index >= 15 is 0 Å². The highest BCUT2D eigenvalue weighted by molar-refractivity contribution is 9.10. The van der Waals surface area contributed by atoms with Gasteiger partial charge in [-0.25, -0.2) is 4.98 Å². The molecule has 1 aromatic heterocycles. The molecule has 3 heteroatoms. The van der Waals surface area contributed by atoms with Crippen molar-refractivity contribution in [2.45, 2.75) is 52.0 Å². The first kappa shape index (κ1) is 13.5. The largest absolute Gasteiger partial charge is 0.366 e. The van der Waals surface area contributed by atoms with Crippen molar-refractivity contribution in [3.8, 4) is 0 Å². The van der Waals surface area contributed by atoms with Gasteiger partial charge in [0.2, 0.25) is 0 Å². The van der Waals surface area contributed by atoms with Gasteiger partial charge in [0.25, 0.3) is 0 Å². The Balaban J connectivity index is 2.56. The van der Waals surface area contributed by atoms with E-state index in [4.69, 9.17) is 0 Å². The second kappa shape index (κ2) is 7.66. The van der Waals surface area contributed by atoms with Crippen LogP contribution >= 0.6 is 15.9 Å². The van der Waals surface area contributed by atoms with Crippen molar-refractivity contribution < 1.29 is 0 Å². The topological polar surface area (TPSA) is 24.9 Å². The normalized spacial score (nSPS) is 12.4. The molecule has 0 spiro atoms. The van der Waals surface area contributed by atoms with Gasteiger partial charge in [0.05, 0.1) is 4.47 Å². The van der Waals surface area contributed by atoms with Crippen molar-refractivity contribution in [2.24, 2.45) is 0 Å². The predicted molar refractivity (Wildman–Crippen MR) is 73.8 cm³/mol. The zero-order valence-corrected chi connectivity index (χ0v) is 11.8. The molecule has 1 aromatic rings. The maximum absolute atomic E-state index is 4.35. The minimum Gasteiger partial charge on any atom is -0.366 e. The smallest absolute Gasteiger partial charge is 0.140 e. The van der Waals surface area contributed by atoms with Gasteiger partial charge in [-0.05, 0) is 40.9 Å². The minimum atomic E-state index is 0.552. The van der Waals surface area contributed by atoms with Crippen molar-refractivity contribution in [1.29, 1.82) is 0 Å². The summed E-state index contributed by atoms with van der Waals surface area (Å²) in [5.41, 5.74) is 0. The van der Waals surface area contributed by atoms with Crippen LogP contribution in [0.3, 0.4) is 0 Å². The molecule has 1 N–H and O–H groups in total. The first-order valence-electron chi connectivity index (χ1n) is 6.15. The van der Waals surface area contributed by atoms with Gasteiger partial charge in [0.15, 0.2) is 0 Å². The summed E-state index contributed by atoms with van der Waals surface area (Å²) >= 11 is 3.52. The highest BCUT2D eigenvalue weighted by atomic mass is 79.9. The molecule has 1 unspecified atom stereocenters. The monoisotopic (exact) mass is 284 g/mol. The Morgan fingerprint density at radius 1 is 1.31 bits per heavy atom. The van der Waals surface area contributed by atoms with E-state index in [0.717, 1.165) is 10.3 Å². The van der Waals surface area contributed by atoms with E-state index in [9.17, 15) is 0 Å². The highest BCUT2D eigenvalue weighted by Crippen LogP contribution is 2.21. The van der Waals surface area contributed by atoms with Crippen LogP contribution in [0.2, 0.25) is 0 Å². The Morgan fingerprint density at radius 2 is 2.12 bits per heavy atom.